The number of alkyl carbamates (subject to hydrolysis) is 1. The molecule has 0 saturated heterocycles. The average Bonchev–Trinajstić information content (AvgIpc) is 2.61. The third-order valence-electron chi connectivity index (χ3n) is 3.62. The molecule has 0 saturated carbocycles. The van der Waals surface area contributed by atoms with Crippen LogP contribution in [0.2, 0.25) is 0 Å². The van der Waals surface area contributed by atoms with Crippen molar-refractivity contribution in [1.29, 1.82) is 0 Å². The normalized spacial score (nSPS) is 11.4. The molecule has 1 amide bonds. The van der Waals surface area contributed by atoms with Crippen LogP contribution in [0, 0.1) is 0 Å². The summed E-state index contributed by atoms with van der Waals surface area (Å²) in [5.41, 5.74) is 2.65. The molecule has 0 aliphatic rings. The fourth-order valence-corrected chi connectivity index (χ4v) is 2.37. The summed E-state index contributed by atoms with van der Waals surface area (Å²) in [5, 5.41) is 11.7. The Kier molecular flexibility index (Phi) is 5.78. The minimum Gasteiger partial charge on any atom is -0.497 e. The smallest absolute Gasteiger partial charge is 0.407 e. The van der Waals surface area contributed by atoms with Gasteiger partial charge in [0.25, 0.3) is 0 Å². The first kappa shape index (κ1) is 17.3. The highest BCUT2D eigenvalue weighted by molar-refractivity contribution is 5.81. The molecule has 24 heavy (non-hydrogen) atoms. The van der Waals surface area contributed by atoms with Crippen LogP contribution < -0.4 is 10.1 Å². The van der Waals surface area contributed by atoms with E-state index in [4.69, 9.17) is 4.74 Å². The van der Waals surface area contributed by atoms with Gasteiger partial charge in [-0.3, -0.25) is 0 Å². The summed E-state index contributed by atoms with van der Waals surface area (Å²) in [5.74, 6) is -0.378. The minimum absolute atomic E-state index is 0.145. The molecule has 0 spiro atoms. The molecule has 2 aromatic carbocycles. The number of carbonyl (C=O) groups is 2. The van der Waals surface area contributed by atoms with Crippen molar-refractivity contribution in [3.63, 3.8) is 0 Å². The Labute approximate surface area is 140 Å². The van der Waals surface area contributed by atoms with Gasteiger partial charge in [0.05, 0.1) is 14.2 Å². The van der Waals surface area contributed by atoms with Gasteiger partial charge in [-0.25, -0.2) is 9.59 Å². The lowest BCUT2D eigenvalue weighted by molar-refractivity contribution is -0.139. The molecule has 6 heteroatoms. The lowest BCUT2D eigenvalue weighted by Gasteiger charge is -2.16. The molecule has 2 N–H and O–H groups in total. The zero-order chi connectivity index (χ0) is 17.5. The first-order valence-corrected chi connectivity index (χ1v) is 7.34. The Morgan fingerprint density at radius 2 is 1.75 bits per heavy atom. The van der Waals surface area contributed by atoms with E-state index >= 15 is 0 Å². The summed E-state index contributed by atoms with van der Waals surface area (Å²) in [4.78, 5) is 22.7. The summed E-state index contributed by atoms with van der Waals surface area (Å²) in [6, 6.07) is 13.9. The molecule has 0 radical (unpaired) electrons. The molecule has 0 aliphatic heterocycles. The number of ether oxygens (including phenoxy) is 2. The molecule has 2 rings (SSSR count). The highest BCUT2D eigenvalue weighted by atomic mass is 16.5. The largest absolute Gasteiger partial charge is 0.497 e. The average molecular weight is 329 g/mol. The Bertz CT molecular complexity index is 712. The molecule has 0 bridgehead atoms. The van der Waals surface area contributed by atoms with Crippen LogP contribution in [-0.4, -0.2) is 37.4 Å². The van der Waals surface area contributed by atoms with Crippen molar-refractivity contribution in [2.45, 2.75) is 12.5 Å². The summed E-state index contributed by atoms with van der Waals surface area (Å²) in [7, 11) is 2.79. The van der Waals surface area contributed by atoms with Crippen LogP contribution in [0.4, 0.5) is 4.79 Å². The zero-order valence-corrected chi connectivity index (χ0v) is 13.5. The third kappa shape index (κ3) is 4.25. The fourth-order valence-electron chi connectivity index (χ4n) is 2.37. The van der Waals surface area contributed by atoms with Crippen LogP contribution in [-0.2, 0) is 16.0 Å². The molecule has 0 aliphatic carbocycles. The summed E-state index contributed by atoms with van der Waals surface area (Å²) in [6.45, 7) is 0. The highest BCUT2D eigenvalue weighted by Gasteiger charge is 2.22. The number of hydrogen-bond donors (Lipinski definition) is 2. The van der Waals surface area contributed by atoms with Gasteiger partial charge in [0, 0.05) is 6.42 Å². The van der Waals surface area contributed by atoms with Gasteiger partial charge in [0.2, 0.25) is 0 Å². The maximum Gasteiger partial charge on any atom is 0.407 e. The topological polar surface area (TPSA) is 84.9 Å². The molecule has 0 fully saturated rings. The predicted molar refractivity (Wildman–Crippen MR) is 89.1 cm³/mol. The van der Waals surface area contributed by atoms with Crippen molar-refractivity contribution in [1.82, 2.24) is 5.32 Å². The number of carboxylic acids is 1. The molecule has 1 atom stereocenters. The van der Waals surface area contributed by atoms with Gasteiger partial charge < -0.3 is 19.9 Å². The Balaban J connectivity index is 2.29. The van der Waals surface area contributed by atoms with Crippen molar-refractivity contribution < 1.29 is 24.2 Å². The molecular formula is C18H19NO5. The summed E-state index contributed by atoms with van der Waals surface area (Å²) < 4.78 is 9.63. The van der Waals surface area contributed by atoms with Crippen molar-refractivity contribution >= 4 is 12.1 Å². The zero-order valence-electron chi connectivity index (χ0n) is 13.5. The Morgan fingerprint density at radius 3 is 2.33 bits per heavy atom. The maximum absolute atomic E-state index is 11.4. The molecule has 0 heterocycles. The molecule has 0 aromatic heterocycles. The number of rotatable bonds is 6. The number of amides is 1. The monoisotopic (exact) mass is 329 g/mol. The SMILES string of the molecule is COC(=O)NC(Cc1ccccc1-c1ccc(OC)cc1)C(=O)O. The molecule has 1 unspecified atom stereocenters. The standard InChI is InChI=1S/C18H19NO5/c1-23-14-9-7-12(8-10-14)15-6-4-3-5-13(15)11-16(17(20)21)19-18(22)24-2/h3-10,16H,11H2,1-2H3,(H,19,22)(H,20,21). The fraction of sp³-hybridized carbons (Fsp3) is 0.222. The molecule has 2 aromatic rings. The predicted octanol–water partition coefficient (Wildman–Crippen LogP) is 2.71. The lowest BCUT2D eigenvalue weighted by Crippen LogP contribution is -2.42. The van der Waals surface area contributed by atoms with Gasteiger partial charge in [-0.1, -0.05) is 36.4 Å². The number of carboxylic acid groups (broad SMARTS) is 1. The second-order valence-corrected chi connectivity index (χ2v) is 5.12. The number of nitrogens with one attached hydrogen (secondary N) is 1. The number of carbonyl (C=O) groups excluding carboxylic acids is 1. The quantitative estimate of drug-likeness (QED) is 0.851. The van der Waals surface area contributed by atoms with Crippen molar-refractivity contribution in [3.8, 4) is 16.9 Å². The van der Waals surface area contributed by atoms with E-state index in [1.165, 1.54) is 7.11 Å². The number of methoxy groups -OCH3 is 2. The van der Waals surface area contributed by atoms with Crippen LogP contribution in [0.25, 0.3) is 11.1 Å². The van der Waals surface area contributed by atoms with E-state index in [0.29, 0.717) is 0 Å². The number of benzene rings is 2. The van der Waals surface area contributed by atoms with E-state index in [1.807, 2.05) is 48.5 Å². The van der Waals surface area contributed by atoms with Gasteiger partial charge in [0.1, 0.15) is 11.8 Å². The van der Waals surface area contributed by atoms with Gasteiger partial charge in [-0.2, -0.15) is 0 Å². The van der Waals surface area contributed by atoms with E-state index in [2.05, 4.69) is 10.1 Å². The second-order valence-electron chi connectivity index (χ2n) is 5.12. The second kappa shape index (κ2) is 8.01. The highest BCUT2D eigenvalue weighted by Crippen LogP contribution is 2.26. The third-order valence-corrected chi connectivity index (χ3v) is 3.62. The van der Waals surface area contributed by atoms with E-state index in [0.717, 1.165) is 22.4 Å². The first-order valence-electron chi connectivity index (χ1n) is 7.34. The van der Waals surface area contributed by atoms with Crippen LogP contribution >= 0.6 is 0 Å². The van der Waals surface area contributed by atoms with Crippen LogP contribution in [0.15, 0.2) is 48.5 Å². The van der Waals surface area contributed by atoms with E-state index in [1.54, 1.807) is 7.11 Å². The Hall–Kier alpha value is -3.02. The lowest BCUT2D eigenvalue weighted by atomic mass is 9.95. The minimum atomic E-state index is -1.12. The van der Waals surface area contributed by atoms with Gasteiger partial charge >= 0.3 is 12.1 Å². The van der Waals surface area contributed by atoms with Crippen molar-refractivity contribution in [2.75, 3.05) is 14.2 Å². The number of hydrogen-bond acceptors (Lipinski definition) is 4. The van der Waals surface area contributed by atoms with E-state index in [-0.39, 0.29) is 6.42 Å². The van der Waals surface area contributed by atoms with Crippen LogP contribution in [0.5, 0.6) is 5.75 Å². The van der Waals surface area contributed by atoms with Crippen molar-refractivity contribution in [2.24, 2.45) is 0 Å². The molecular weight excluding hydrogens is 310 g/mol. The van der Waals surface area contributed by atoms with Gasteiger partial charge in [0.15, 0.2) is 0 Å². The van der Waals surface area contributed by atoms with E-state index < -0.39 is 18.1 Å². The van der Waals surface area contributed by atoms with Gasteiger partial charge in [-0.05, 0) is 28.8 Å². The number of aliphatic carboxylic acids is 1. The van der Waals surface area contributed by atoms with Crippen LogP contribution in [0.3, 0.4) is 0 Å². The Morgan fingerprint density at radius 1 is 1.08 bits per heavy atom. The first-order chi connectivity index (χ1) is 11.5. The maximum atomic E-state index is 11.4. The summed E-state index contributed by atoms with van der Waals surface area (Å²) in [6.07, 6.45) is -0.628. The van der Waals surface area contributed by atoms with Crippen LogP contribution in [0.1, 0.15) is 5.56 Å². The molecule has 126 valence electrons. The summed E-state index contributed by atoms with van der Waals surface area (Å²) >= 11 is 0. The van der Waals surface area contributed by atoms with E-state index in [9.17, 15) is 14.7 Å². The van der Waals surface area contributed by atoms with Crippen molar-refractivity contribution in [3.05, 3.63) is 54.1 Å². The van der Waals surface area contributed by atoms with Gasteiger partial charge in [-0.15, -0.1) is 0 Å². The molecule has 6 nitrogen and oxygen atoms in total.